The number of nitrogens with zero attached hydrogens (tertiary/aromatic N) is 2. The Morgan fingerprint density at radius 2 is 2.10 bits per heavy atom. The summed E-state index contributed by atoms with van der Waals surface area (Å²) in [6.45, 7) is 3.13. The van der Waals surface area contributed by atoms with Crippen molar-refractivity contribution in [2.24, 2.45) is 0 Å². The zero-order valence-corrected chi connectivity index (χ0v) is 13.0. The van der Waals surface area contributed by atoms with Crippen molar-refractivity contribution in [3.05, 3.63) is 32.3 Å². The lowest BCUT2D eigenvalue weighted by Crippen LogP contribution is -2.45. The molecular weight excluding hydrogens is 342 g/mol. The second kappa shape index (κ2) is 7.17. The molecule has 0 aromatic heterocycles. The number of nitro benzene ring substituents is 1. The first-order chi connectivity index (χ1) is 10.0. The Morgan fingerprint density at radius 3 is 2.67 bits per heavy atom. The van der Waals surface area contributed by atoms with Crippen molar-refractivity contribution < 1.29 is 15.1 Å². The number of nitro groups is 1. The second-order valence-corrected chi connectivity index (χ2v) is 5.79. The minimum atomic E-state index is -0.485. The minimum absolute atomic E-state index is 0.00224. The van der Waals surface area contributed by atoms with E-state index in [4.69, 9.17) is 0 Å². The first-order valence-electron chi connectivity index (χ1n) is 6.77. The van der Waals surface area contributed by atoms with Crippen LogP contribution in [0.2, 0.25) is 0 Å². The van der Waals surface area contributed by atoms with Crippen LogP contribution >= 0.6 is 15.9 Å². The highest BCUT2D eigenvalue weighted by molar-refractivity contribution is 9.10. The summed E-state index contributed by atoms with van der Waals surface area (Å²) in [7, 11) is 0. The molecule has 1 atom stereocenters. The number of hydrogen-bond donors (Lipinski definition) is 3. The fraction of sp³-hybridized carbons (Fsp3) is 0.538. The Balaban J connectivity index is 2.40. The van der Waals surface area contributed by atoms with E-state index in [-0.39, 0.29) is 24.1 Å². The molecule has 116 valence electrons. The van der Waals surface area contributed by atoms with Crippen molar-refractivity contribution in [1.29, 1.82) is 0 Å². The third-order valence-corrected chi connectivity index (χ3v) is 4.25. The summed E-state index contributed by atoms with van der Waals surface area (Å²) in [5.41, 5.74) is 0.403. The lowest BCUT2D eigenvalue weighted by molar-refractivity contribution is -0.385. The average Bonchev–Trinajstić information content (AvgIpc) is 2.48. The fourth-order valence-corrected chi connectivity index (χ4v) is 3.08. The molecule has 7 nitrogen and oxygen atoms in total. The van der Waals surface area contributed by atoms with E-state index in [1.807, 2.05) is 0 Å². The van der Waals surface area contributed by atoms with Gasteiger partial charge in [0.1, 0.15) is 5.75 Å². The van der Waals surface area contributed by atoms with E-state index >= 15 is 0 Å². The fourth-order valence-electron chi connectivity index (χ4n) is 2.62. The van der Waals surface area contributed by atoms with Gasteiger partial charge in [0.05, 0.1) is 9.40 Å². The number of rotatable bonds is 5. The van der Waals surface area contributed by atoms with Gasteiger partial charge < -0.3 is 15.5 Å². The van der Waals surface area contributed by atoms with Gasteiger partial charge in [0.2, 0.25) is 0 Å². The standard InChI is InChI=1S/C13H18BrN3O4/c14-11-8-9(17(20)21)7-10(13(11)19)12(1-6-18)16-4-2-15-3-5-16/h7-8,12,15,18-19H,1-6H2/t12-/m0/s1. The van der Waals surface area contributed by atoms with Crippen LogP contribution in [0.4, 0.5) is 5.69 Å². The van der Waals surface area contributed by atoms with Gasteiger partial charge in [-0.25, -0.2) is 0 Å². The van der Waals surface area contributed by atoms with Gasteiger partial charge in [-0.3, -0.25) is 15.0 Å². The average molecular weight is 360 g/mol. The van der Waals surface area contributed by atoms with Crippen LogP contribution in [0, 0.1) is 10.1 Å². The molecule has 1 aliphatic rings. The van der Waals surface area contributed by atoms with Crippen LogP contribution in [-0.2, 0) is 0 Å². The van der Waals surface area contributed by atoms with Crippen molar-refractivity contribution in [2.75, 3.05) is 32.8 Å². The van der Waals surface area contributed by atoms with Gasteiger partial charge in [-0.15, -0.1) is 0 Å². The van der Waals surface area contributed by atoms with Crippen LogP contribution in [0.25, 0.3) is 0 Å². The molecule has 1 heterocycles. The minimum Gasteiger partial charge on any atom is -0.506 e. The van der Waals surface area contributed by atoms with Gasteiger partial charge in [0.15, 0.2) is 0 Å². The van der Waals surface area contributed by atoms with Crippen LogP contribution in [-0.4, -0.2) is 52.8 Å². The molecule has 1 aromatic rings. The number of piperazine rings is 1. The van der Waals surface area contributed by atoms with Crippen molar-refractivity contribution in [2.45, 2.75) is 12.5 Å². The summed E-state index contributed by atoms with van der Waals surface area (Å²) in [6.07, 6.45) is 0.418. The molecule has 0 saturated carbocycles. The van der Waals surface area contributed by atoms with Gasteiger partial charge >= 0.3 is 0 Å². The Labute approximate surface area is 130 Å². The second-order valence-electron chi connectivity index (χ2n) is 4.94. The van der Waals surface area contributed by atoms with Gasteiger partial charge in [0.25, 0.3) is 5.69 Å². The van der Waals surface area contributed by atoms with Crippen LogP contribution in [0.1, 0.15) is 18.0 Å². The zero-order valence-electron chi connectivity index (χ0n) is 11.5. The topological polar surface area (TPSA) is 98.9 Å². The SMILES string of the molecule is O=[N+]([O-])c1cc(Br)c(O)c([C@H](CCO)N2CCNCC2)c1. The summed E-state index contributed by atoms with van der Waals surface area (Å²) < 4.78 is 0.296. The molecule has 3 N–H and O–H groups in total. The largest absolute Gasteiger partial charge is 0.506 e. The molecule has 0 unspecified atom stereocenters. The molecule has 0 aliphatic carbocycles. The van der Waals surface area contributed by atoms with E-state index in [2.05, 4.69) is 26.1 Å². The first-order valence-corrected chi connectivity index (χ1v) is 7.56. The third kappa shape index (κ3) is 3.70. The lowest BCUT2D eigenvalue weighted by Gasteiger charge is -2.35. The lowest BCUT2D eigenvalue weighted by atomic mass is 9.99. The highest BCUT2D eigenvalue weighted by atomic mass is 79.9. The number of aromatic hydroxyl groups is 1. The number of halogens is 1. The number of non-ortho nitro benzene ring substituents is 1. The predicted molar refractivity (Wildman–Crippen MR) is 81.3 cm³/mol. The maximum Gasteiger partial charge on any atom is 0.271 e. The molecule has 1 fully saturated rings. The van der Waals surface area contributed by atoms with E-state index in [1.54, 1.807) is 0 Å². The third-order valence-electron chi connectivity index (χ3n) is 3.64. The molecule has 0 bridgehead atoms. The Hall–Kier alpha value is -1.22. The van der Waals surface area contributed by atoms with Crippen LogP contribution in [0.15, 0.2) is 16.6 Å². The quantitative estimate of drug-likeness (QED) is 0.542. The van der Waals surface area contributed by atoms with Gasteiger partial charge in [-0.1, -0.05) is 0 Å². The van der Waals surface area contributed by atoms with Gasteiger partial charge in [-0.2, -0.15) is 0 Å². The number of aliphatic hydroxyl groups is 1. The van der Waals surface area contributed by atoms with E-state index in [9.17, 15) is 20.3 Å². The molecule has 1 saturated heterocycles. The number of phenols is 1. The Morgan fingerprint density at radius 1 is 1.43 bits per heavy atom. The molecule has 2 rings (SSSR count). The van der Waals surface area contributed by atoms with Crippen LogP contribution < -0.4 is 5.32 Å². The summed E-state index contributed by atoms with van der Waals surface area (Å²) in [5, 5.41) is 33.8. The van der Waals surface area contributed by atoms with E-state index < -0.39 is 4.92 Å². The molecule has 1 aromatic carbocycles. The van der Waals surface area contributed by atoms with Crippen molar-refractivity contribution >= 4 is 21.6 Å². The number of aliphatic hydroxyl groups excluding tert-OH is 1. The molecule has 0 spiro atoms. The summed E-state index contributed by atoms with van der Waals surface area (Å²) in [6, 6.07) is 2.43. The summed E-state index contributed by atoms with van der Waals surface area (Å²) >= 11 is 3.16. The molecule has 0 amide bonds. The molecule has 0 radical (unpaired) electrons. The molecule has 1 aliphatic heterocycles. The maximum atomic E-state index is 11.0. The van der Waals surface area contributed by atoms with Crippen LogP contribution in [0.5, 0.6) is 5.75 Å². The van der Waals surface area contributed by atoms with Crippen molar-refractivity contribution in [1.82, 2.24) is 10.2 Å². The Kier molecular flexibility index (Phi) is 5.51. The molecule has 8 heteroatoms. The van der Waals surface area contributed by atoms with E-state index in [0.29, 0.717) is 16.5 Å². The smallest absolute Gasteiger partial charge is 0.271 e. The highest BCUT2D eigenvalue weighted by Gasteiger charge is 2.27. The Bertz CT molecular complexity index is 520. The number of phenolic OH excluding ortho intramolecular Hbond substituents is 1. The first kappa shape index (κ1) is 16.2. The normalized spacial score (nSPS) is 17.6. The van der Waals surface area contributed by atoms with E-state index in [1.165, 1.54) is 12.1 Å². The molecule has 21 heavy (non-hydrogen) atoms. The maximum absolute atomic E-state index is 11.0. The summed E-state index contributed by atoms with van der Waals surface area (Å²) in [5.74, 6) is -0.00224. The zero-order chi connectivity index (χ0) is 15.4. The van der Waals surface area contributed by atoms with Gasteiger partial charge in [-0.05, 0) is 22.4 Å². The van der Waals surface area contributed by atoms with Crippen molar-refractivity contribution in [3.63, 3.8) is 0 Å². The summed E-state index contributed by atoms with van der Waals surface area (Å²) in [4.78, 5) is 12.6. The number of benzene rings is 1. The monoisotopic (exact) mass is 359 g/mol. The molecular formula is C13H18BrN3O4. The van der Waals surface area contributed by atoms with Gasteiger partial charge in [0, 0.05) is 56.5 Å². The van der Waals surface area contributed by atoms with Crippen LogP contribution in [0.3, 0.4) is 0 Å². The number of hydrogen-bond acceptors (Lipinski definition) is 6. The number of nitrogens with one attached hydrogen (secondary N) is 1. The highest BCUT2D eigenvalue weighted by Crippen LogP contribution is 2.39. The van der Waals surface area contributed by atoms with E-state index in [0.717, 1.165) is 26.2 Å². The predicted octanol–water partition coefficient (Wildman–Crippen LogP) is 1.39. The van der Waals surface area contributed by atoms with Crippen molar-refractivity contribution in [3.8, 4) is 5.75 Å².